The van der Waals surface area contributed by atoms with Crippen LogP contribution in [0.2, 0.25) is 0 Å². The maximum Gasteiger partial charge on any atom is 0.106 e. The van der Waals surface area contributed by atoms with Gasteiger partial charge in [0.1, 0.15) is 6.23 Å². The smallest absolute Gasteiger partial charge is 0.106 e. The van der Waals surface area contributed by atoms with E-state index in [1.54, 1.807) is 0 Å². The van der Waals surface area contributed by atoms with Crippen molar-refractivity contribution in [1.29, 1.82) is 0 Å². The Labute approximate surface area is 55.0 Å². The molecule has 2 N–H and O–H groups in total. The highest BCUT2D eigenvalue weighted by Gasteiger charge is 2.04. The van der Waals surface area contributed by atoms with Crippen LogP contribution in [-0.2, 0) is 4.74 Å². The van der Waals surface area contributed by atoms with E-state index in [9.17, 15) is 0 Å². The summed E-state index contributed by atoms with van der Waals surface area (Å²) in [4.78, 5) is 0. The molecule has 0 aromatic rings. The summed E-state index contributed by atoms with van der Waals surface area (Å²) < 4.78 is 5.07. The molecule has 1 atom stereocenters. The van der Waals surface area contributed by atoms with Gasteiger partial charge in [0.2, 0.25) is 0 Å². The molecule has 1 saturated heterocycles. The van der Waals surface area contributed by atoms with E-state index >= 15 is 0 Å². The van der Waals surface area contributed by atoms with Gasteiger partial charge in [-0.2, -0.15) is 0 Å². The van der Waals surface area contributed by atoms with Crippen LogP contribution in [-0.4, -0.2) is 24.7 Å². The van der Waals surface area contributed by atoms with Crippen LogP contribution in [0.15, 0.2) is 0 Å². The Morgan fingerprint density at radius 2 is 2.33 bits per heavy atom. The molecule has 1 aliphatic heterocycles. The Hall–Kier alpha value is -0.120. The fourth-order valence-corrected chi connectivity index (χ4v) is 0.871. The molecular formula is C6H13NO2. The fourth-order valence-electron chi connectivity index (χ4n) is 0.871. The molecule has 3 nitrogen and oxygen atoms in total. The molecule has 0 bridgehead atoms. The van der Waals surface area contributed by atoms with E-state index in [1.807, 2.05) is 0 Å². The van der Waals surface area contributed by atoms with Crippen molar-refractivity contribution < 1.29 is 9.84 Å². The van der Waals surface area contributed by atoms with Gasteiger partial charge in [-0.1, -0.05) is 0 Å². The predicted molar refractivity (Wildman–Crippen MR) is 33.8 cm³/mol. The van der Waals surface area contributed by atoms with Gasteiger partial charge in [-0.25, -0.2) is 0 Å². The lowest BCUT2D eigenvalue weighted by Crippen LogP contribution is -2.32. The zero-order valence-corrected chi connectivity index (χ0v) is 5.47. The molecule has 0 saturated carbocycles. The van der Waals surface area contributed by atoms with Crippen LogP contribution >= 0.6 is 0 Å². The van der Waals surface area contributed by atoms with Gasteiger partial charge in [-0.15, -0.1) is 0 Å². The third-order valence-corrected chi connectivity index (χ3v) is 1.44. The number of aliphatic hydroxyl groups excluding tert-OH is 1. The first-order valence-corrected chi connectivity index (χ1v) is 3.39. The van der Waals surface area contributed by atoms with Gasteiger partial charge in [0, 0.05) is 6.61 Å². The number of ether oxygens (including phenoxy) is 1. The van der Waals surface area contributed by atoms with Crippen molar-refractivity contribution >= 4 is 0 Å². The standard InChI is InChI=1S/C6H13NO2/c8-6-3-1-2-4-9-5-7-6/h6-8H,1-5H2. The Morgan fingerprint density at radius 3 is 3.22 bits per heavy atom. The second-order valence-electron chi connectivity index (χ2n) is 2.27. The lowest BCUT2D eigenvalue weighted by Gasteiger charge is -2.15. The molecule has 54 valence electrons. The molecule has 1 heterocycles. The monoisotopic (exact) mass is 131 g/mol. The lowest BCUT2D eigenvalue weighted by molar-refractivity contribution is 0.0286. The summed E-state index contributed by atoms with van der Waals surface area (Å²) in [5.74, 6) is 0. The summed E-state index contributed by atoms with van der Waals surface area (Å²) in [6.07, 6.45) is 2.61. The Morgan fingerprint density at radius 1 is 1.44 bits per heavy atom. The van der Waals surface area contributed by atoms with Gasteiger partial charge >= 0.3 is 0 Å². The highest BCUT2D eigenvalue weighted by molar-refractivity contribution is 4.53. The highest BCUT2D eigenvalue weighted by Crippen LogP contribution is 2.01. The molecule has 1 unspecified atom stereocenters. The van der Waals surface area contributed by atoms with Crippen LogP contribution < -0.4 is 5.32 Å². The van der Waals surface area contributed by atoms with Crippen LogP contribution in [0.25, 0.3) is 0 Å². The molecule has 1 aliphatic rings. The maximum absolute atomic E-state index is 9.02. The summed E-state index contributed by atoms with van der Waals surface area (Å²) in [7, 11) is 0. The molecule has 0 radical (unpaired) electrons. The van der Waals surface area contributed by atoms with Crippen LogP contribution in [0.3, 0.4) is 0 Å². The van der Waals surface area contributed by atoms with Crippen molar-refractivity contribution in [3.8, 4) is 0 Å². The van der Waals surface area contributed by atoms with Crippen LogP contribution in [0, 0.1) is 0 Å². The van der Waals surface area contributed by atoms with E-state index < -0.39 is 0 Å². The number of nitrogens with one attached hydrogen (secondary N) is 1. The van der Waals surface area contributed by atoms with Gasteiger partial charge in [0.05, 0.1) is 6.73 Å². The molecule has 0 aromatic carbocycles. The summed E-state index contributed by atoms with van der Waals surface area (Å²) in [5, 5.41) is 11.8. The van der Waals surface area contributed by atoms with Gasteiger partial charge < -0.3 is 9.84 Å². The summed E-state index contributed by atoms with van der Waals surface area (Å²) >= 11 is 0. The third-order valence-electron chi connectivity index (χ3n) is 1.44. The minimum atomic E-state index is -0.356. The largest absolute Gasteiger partial charge is 0.379 e. The second-order valence-corrected chi connectivity index (χ2v) is 2.27. The zero-order chi connectivity index (χ0) is 6.53. The topological polar surface area (TPSA) is 41.5 Å². The first-order valence-electron chi connectivity index (χ1n) is 3.39. The minimum Gasteiger partial charge on any atom is -0.379 e. The maximum atomic E-state index is 9.02. The first kappa shape index (κ1) is 6.99. The van der Waals surface area contributed by atoms with Gasteiger partial charge in [-0.3, -0.25) is 5.32 Å². The van der Waals surface area contributed by atoms with Crippen molar-refractivity contribution in [1.82, 2.24) is 5.32 Å². The van der Waals surface area contributed by atoms with E-state index in [1.165, 1.54) is 0 Å². The normalized spacial score (nSPS) is 31.0. The Balaban J connectivity index is 2.12. The number of hydrogen-bond donors (Lipinski definition) is 2. The summed E-state index contributed by atoms with van der Waals surface area (Å²) in [6.45, 7) is 1.31. The Kier molecular flexibility index (Phi) is 2.97. The summed E-state index contributed by atoms with van der Waals surface area (Å²) in [5.41, 5.74) is 0. The summed E-state index contributed by atoms with van der Waals surface area (Å²) in [6, 6.07) is 0. The van der Waals surface area contributed by atoms with E-state index in [0.29, 0.717) is 6.73 Å². The SMILES string of the molecule is OC1CCCCOCN1. The quantitative estimate of drug-likeness (QED) is 0.488. The van der Waals surface area contributed by atoms with Crippen LogP contribution in [0.5, 0.6) is 0 Å². The fraction of sp³-hybridized carbons (Fsp3) is 1.00. The average Bonchev–Trinajstić information content (AvgIpc) is 1.79. The number of aliphatic hydroxyl groups is 1. The molecule has 0 spiro atoms. The Bertz CT molecular complexity index is 69.5. The zero-order valence-electron chi connectivity index (χ0n) is 5.47. The van der Waals surface area contributed by atoms with Crippen LogP contribution in [0.4, 0.5) is 0 Å². The van der Waals surface area contributed by atoms with Crippen molar-refractivity contribution in [2.45, 2.75) is 25.5 Å². The average molecular weight is 131 g/mol. The molecule has 0 amide bonds. The van der Waals surface area contributed by atoms with Crippen LogP contribution in [0.1, 0.15) is 19.3 Å². The molecule has 0 aromatic heterocycles. The predicted octanol–water partition coefficient (Wildman–Crippen LogP) is 0.0524. The minimum absolute atomic E-state index is 0.356. The van der Waals surface area contributed by atoms with Crippen molar-refractivity contribution in [2.75, 3.05) is 13.3 Å². The molecule has 0 aliphatic carbocycles. The van der Waals surface area contributed by atoms with Crippen molar-refractivity contribution in [3.05, 3.63) is 0 Å². The number of rotatable bonds is 0. The molecule has 1 rings (SSSR count). The lowest BCUT2D eigenvalue weighted by atomic mass is 10.2. The first-order chi connectivity index (χ1) is 4.39. The second kappa shape index (κ2) is 3.82. The van der Waals surface area contributed by atoms with Crippen molar-refractivity contribution in [2.24, 2.45) is 0 Å². The molecule has 9 heavy (non-hydrogen) atoms. The van der Waals surface area contributed by atoms with E-state index in [-0.39, 0.29) is 6.23 Å². The molecular weight excluding hydrogens is 118 g/mol. The van der Waals surface area contributed by atoms with E-state index in [4.69, 9.17) is 9.84 Å². The van der Waals surface area contributed by atoms with Gasteiger partial charge in [0.25, 0.3) is 0 Å². The third kappa shape index (κ3) is 2.79. The highest BCUT2D eigenvalue weighted by atomic mass is 16.5. The molecule has 3 heteroatoms. The van der Waals surface area contributed by atoms with E-state index in [2.05, 4.69) is 5.32 Å². The van der Waals surface area contributed by atoms with Gasteiger partial charge in [-0.05, 0) is 19.3 Å². The van der Waals surface area contributed by atoms with Crippen molar-refractivity contribution in [3.63, 3.8) is 0 Å². The van der Waals surface area contributed by atoms with E-state index in [0.717, 1.165) is 25.9 Å². The van der Waals surface area contributed by atoms with Gasteiger partial charge in [0.15, 0.2) is 0 Å². The number of hydrogen-bond acceptors (Lipinski definition) is 3. The molecule has 1 fully saturated rings.